The number of nitrogens with one attached hydrogen (secondary N) is 1. The highest BCUT2D eigenvalue weighted by molar-refractivity contribution is 6.04. The zero-order valence-corrected chi connectivity index (χ0v) is 10.7. The maximum Gasteiger partial charge on any atom is 0.247 e. The summed E-state index contributed by atoms with van der Waals surface area (Å²) in [6, 6.07) is 5.15. The van der Waals surface area contributed by atoms with Crippen LogP contribution in [0.25, 0.3) is 0 Å². The first-order valence-corrected chi connectivity index (χ1v) is 7.13. The molecule has 4 heteroatoms. The lowest BCUT2D eigenvalue weighted by Crippen LogP contribution is -2.48. The zero-order valence-electron chi connectivity index (χ0n) is 10.7. The molecule has 3 atom stereocenters. The van der Waals surface area contributed by atoms with Crippen LogP contribution in [-0.4, -0.2) is 18.0 Å². The Balaban J connectivity index is 1.80. The molecule has 3 nitrogen and oxygen atoms in total. The molecule has 0 spiro atoms. The van der Waals surface area contributed by atoms with Gasteiger partial charge in [0.25, 0.3) is 0 Å². The second kappa shape index (κ2) is 3.95. The summed E-state index contributed by atoms with van der Waals surface area (Å²) < 4.78 is 13.3. The summed E-state index contributed by atoms with van der Waals surface area (Å²) in [5, 5.41) is 2.86. The van der Waals surface area contributed by atoms with Gasteiger partial charge in [-0.2, -0.15) is 0 Å². The molecule has 0 radical (unpaired) electrons. The van der Waals surface area contributed by atoms with Gasteiger partial charge in [-0.15, -0.1) is 0 Å². The first-order chi connectivity index (χ1) is 9.24. The van der Waals surface area contributed by atoms with Crippen LogP contribution < -0.4 is 10.2 Å². The maximum absolute atomic E-state index is 13.3. The SMILES string of the molecule is O=C1Nc2cc(F)ccc2N2C1CC1CCCCC12. The van der Waals surface area contributed by atoms with Gasteiger partial charge < -0.3 is 10.2 Å². The highest BCUT2D eigenvalue weighted by Gasteiger charge is 2.47. The number of carbonyl (C=O) groups excluding carboxylic acids is 1. The minimum atomic E-state index is -0.295. The topological polar surface area (TPSA) is 32.3 Å². The fraction of sp³-hybridized carbons (Fsp3) is 0.533. The molecule has 0 aromatic heterocycles. The van der Waals surface area contributed by atoms with Crippen LogP contribution in [0, 0.1) is 11.7 Å². The summed E-state index contributed by atoms with van der Waals surface area (Å²) in [5.41, 5.74) is 1.63. The average molecular weight is 260 g/mol. The fourth-order valence-corrected chi connectivity index (χ4v) is 4.09. The predicted octanol–water partition coefficient (Wildman–Crippen LogP) is 2.92. The molecule has 2 aliphatic heterocycles. The molecule has 1 saturated carbocycles. The predicted molar refractivity (Wildman–Crippen MR) is 71.7 cm³/mol. The van der Waals surface area contributed by atoms with Gasteiger partial charge >= 0.3 is 0 Å². The van der Waals surface area contributed by atoms with Crippen molar-refractivity contribution in [2.24, 2.45) is 5.92 Å². The van der Waals surface area contributed by atoms with Crippen molar-refractivity contribution in [1.29, 1.82) is 0 Å². The van der Waals surface area contributed by atoms with Crippen molar-refractivity contribution in [3.63, 3.8) is 0 Å². The Morgan fingerprint density at radius 2 is 2.11 bits per heavy atom. The Kier molecular flexibility index (Phi) is 2.34. The number of hydrogen-bond donors (Lipinski definition) is 1. The second-order valence-electron chi connectivity index (χ2n) is 5.92. The van der Waals surface area contributed by atoms with Gasteiger partial charge in [0.15, 0.2) is 0 Å². The van der Waals surface area contributed by atoms with Gasteiger partial charge in [0.05, 0.1) is 11.4 Å². The molecule has 1 N–H and O–H groups in total. The summed E-state index contributed by atoms with van der Waals surface area (Å²) in [6.07, 6.45) is 5.85. The van der Waals surface area contributed by atoms with Crippen LogP contribution >= 0.6 is 0 Å². The second-order valence-corrected chi connectivity index (χ2v) is 5.92. The molecule has 1 amide bonds. The number of benzene rings is 1. The minimum Gasteiger partial charge on any atom is -0.355 e. The van der Waals surface area contributed by atoms with Crippen LogP contribution in [0.15, 0.2) is 18.2 Å². The van der Waals surface area contributed by atoms with Crippen molar-refractivity contribution >= 4 is 17.3 Å². The number of rotatable bonds is 0. The lowest BCUT2D eigenvalue weighted by molar-refractivity contribution is -0.117. The minimum absolute atomic E-state index is 0.0347. The van der Waals surface area contributed by atoms with Crippen molar-refractivity contribution in [1.82, 2.24) is 0 Å². The molecule has 2 fully saturated rings. The standard InChI is InChI=1S/C15H17FN2O/c16-10-5-6-13-11(8-10)17-15(19)14-7-9-3-1-2-4-12(9)18(13)14/h5-6,8-9,12,14H,1-4,7H2,(H,17,19). The molecule has 1 saturated heterocycles. The monoisotopic (exact) mass is 260 g/mol. The molecule has 19 heavy (non-hydrogen) atoms. The number of fused-ring (bicyclic) bond motifs is 5. The molecular weight excluding hydrogens is 243 g/mol. The molecule has 3 unspecified atom stereocenters. The normalized spacial score (nSPS) is 32.4. The number of carbonyl (C=O) groups is 1. The molecule has 3 aliphatic rings. The Labute approximate surface area is 111 Å². The van der Waals surface area contributed by atoms with E-state index in [-0.39, 0.29) is 17.8 Å². The van der Waals surface area contributed by atoms with E-state index in [0.717, 1.165) is 18.5 Å². The van der Waals surface area contributed by atoms with E-state index < -0.39 is 0 Å². The number of anilines is 2. The lowest BCUT2D eigenvalue weighted by atomic mass is 9.84. The highest BCUT2D eigenvalue weighted by atomic mass is 19.1. The summed E-state index contributed by atoms with van der Waals surface area (Å²) in [7, 11) is 0. The summed E-state index contributed by atoms with van der Waals surface area (Å²) in [6.45, 7) is 0. The third-order valence-corrected chi connectivity index (χ3v) is 4.89. The summed E-state index contributed by atoms with van der Waals surface area (Å²) >= 11 is 0. The lowest BCUT2D eigenvalue weighted by Gasteiger charge is -2.39. The van der Waals surface area contributed by atoms with Gasteiger partial charge in [0.2, 0.25) is 5.91 Å². The van der Waals surface area contributed by atoms with Crippen molar-refractivity contribution < 1.29 is 9.18 Å². The van der Waals surface area contributed by atoms with E-state index in [1.165, 1.54) is 31.4 Å². The Morgan fingerprint density at radius 3 is 3.00 bits per heavy atom. The molecule has 100 valence electrons. The van der Waals surface area contributed by atoms with Gasteiger partial charge in [-0.25, -0.2) is 4.39 Å². The van der Waals surface area contributed by atoms with E-state index in [0.29, 0.717) is 17.6 Å². The highest BCUT2D eigenvalue weighted by Crippen LogP contribution is 2.46. The van der Waals surface area contributed by atoms with Gasteiger partial charge in [-0.1, -0.05) is 12.8 Å². The molecule has 1 aromatic carbocycles. The average Bonchev–Trinajstić information content (AvgIpc) is 2.79. The van der Waals surface area contributed by atoms with Crippen molar-refractivity contribution in [3.05, 3.63) is 24.0 Å². The van der Waals surface area contributed by atoms with E-state index in [1.54, 1.807) is 0 Å². The van der Waals surface area contributed by atoms with Gasteiger partial charge in [0.1, 0.15) is 11.9 Å². The quantitative estimate of drug-likeness (QED) is 0.778. The van der Waals surface area contributed by atoms with Crippen molar-refractivity contribution in [2.75, 3.05) is 10.2 Å². The Morgan fingerprint density at radius 1 is 1.26 bits per heavy atom. The van der Waals surface area contributed by atoms with Crippen LogP contribution in [0.2, 0.25) is 0 Å². The number of amides is 1. The molecule has 0 bridgehead atoms. The third-order valence-electron chi connectivity index (χ3n) is 4.89. The first-order valence-electron chi connectivity index (χ1n) is 7.13. The number of nitrogens with zero attached hydrogens (tertiary/aromatic N) is 1. The fourth-order valence-electron chi connectivity index (χ4n) is 4.09. The van der Waals surface area contributed by atoms with Gasteiger partial charge in [-0.05, 0) is 43.4 Å². The largest absolute Gasteiger partial charge is 0.355 e. The van der Waals surface area contributed by atoms with E-state index in [1.807, 2.05) is 6.07 Å². The first kappa shape index (κ1) is 11.3. The summed E-state index contributed by atoms with van der Waals surface area (Å²) in [5.74, 6) is 0.366. The van der Waals surface area contributed by atoms with Crippen molar-refractivity contribution in [2.45, 2.75) is 44.2 Å². The van der Waals surface area contributed by atoms with Crippen molar-refractivity contribution in [3.8, 4) is 0 Å². The van der Waals surface area contributed by atoms with Crippen LogP contribution in [0.5, 0.6) is 0 Å². The van der Waals surface area contributed by atoms with E-state index in [2.05, 4.69) is 10.2 Å². The van der Waals surface area contributed by atoms with E-state index in [4.69, 9.17) is 0 Å². The molecular formula is C15H17FN2O. The van der Waals surface area contributed by atoms with Crippen LogP contribution in [0.4, 0.5) is 15.8 Å². The summed E-state index contributed by atoms with van der Waals surface area (Å²) in [4.78, 5) is 14.5. The van der Waals surface area contributed by atoms with Gasteiger partial charge in [-0.3, -0.25) is 4.79 Å². The molecule has 4 rings (SSSR count). The van der Waals surface area contributed by atoms with E-state index >= 15 is 0 Å². The Hall–Kier alpha value is -1.58. The van der Waals surface area contributed by atoms with E-state index in [9.17, 15) is 9.18 Å². The zero-order chi connectivity index (χ0) is 13.0. The van der Waals surface area contributed by atoms with Crippen LogP contribution in [-0.2, 0) is 4.79 Å². The number of hydrogen-bond acceptors (Lipinski definition) is 2. The van der Waals surface area contributed by atoms with Crippen LogP contribution in [0.1, 0.15) is 32.1 Å². The maximum atomic E-state index is 13.3. The van der Waals surface area contributed by atoms with Crippen LogP contribution in [0.3, 0.4) is 0 Å². The smallest absolute Gasteiger partial charge is 0.247 e. The van der Waals surface area contributed by atoms with Gasteiger partial charge in [0, 0.05) is 6.04 Å². The molecule has 2 heterocycles. The molecule has 1 aromatic rings. The number of halogens is 1. The molecule has 1 aliphatic carbocycles. The Bertz CT molecular complexity index is 545. The third kappa shape index (κ3) is 1.58.